The molecule has 0 bridgehead atoms. The van der Waals surface area contributed by atoms with E-state index in [2.05, 4.69) is 0 Å². The zero-order valence-electron chi connectivity index (χ0n) is 10.3. The predicted octanol–water partition coefficient (Wildman–Crippen LogP) is 4.00. The fourth-order valence-electron chi connectivity index (χ4n) is 1.98. The van der Waals surface area contributed by atoms with Crippen LogP contribution in [-0.2, 0) is 17.4 Å². The van der Waals surface area contributed by atoms with Crippen LogP contribution in [0.5, 0.6) is 0 Å². The summed E-state index contributed by atoms with van der Waals surface area (Å²) in [5.74, 6) is -1.16. The van der Waals surface area contributed by atoms with Gasteiger partial charge in [0, 0.05) is 0 Å². The third kappa shape index (κ3) is 3.17. The van der Waals surface area contributed by atoms with E-state index in [-0.39, 0.29) is 11.1 Å². The van der Waals surface area contributed by atoms with Crippen molar-refractivity contribution >= 4 is 5.97 Å². The molecule has 104 valence electrons. The van der Waals surface area contributed by atoms with Crippen molar-refractivity contribution in [2.45, 2.75) is 12.6 Å². The molecule has 2 aromatic rings. The van der Waals surface area contributed by atoms with Gasteiger partial charge in [-0.3, -0.25) is 4.79 Å². The number of carboxylic acids is 1. The zero-order valence-corrected chi connectivity index (χ0v) is 10.3. The smallest absolute Gasteiger partial charge is 0.417 e. The molecule has 0 fully saturated rings. The number of carbonyl (C=O) groups is 1. The molecule has 0 heterocycles. The van der Waals surface area contributed by atoms with E-state index in [4.69, 9.17) is 5.11 Å². The summed E-state index contributed by atoms with van der Waals surface area (Å²) in [6.07, 6.45) is -4.96. The average Bonchev–Trinajstić information content (AvgIpc) is 2.38. The maximum absolute atomic E-state index is 13.1. The first kappa shape index (κ1) is 14.1. The van der Waals surface area contributed by atoms with Crippen LogP contribution in [0.25, 0.3) is 11.1 Å². The van der Waals surface area contributed by atoms with Crippen LogP contribution in [0, 0.1) is 0 Å². The van der Waals surface area contributed by atoms with Crippen LogP contribution >= 0.6 is 0 Å². The molecule has 0 aliphatic carbocycles. The van der Waals surface area contributed by atoms with E-state index in [9.17, 15) is 18.0 Å². The third-order valence-corrected chi connectivity index (χ3v) is 2.83. The van der Waals surface area contributed by atoms with Gasteiger partial charge in [0.2, 0.25) is 0 Å². The van der Waals surface area contributed by atoms with Crippen molar-refractivity contribution in [1.82, 2.24) is 0 Å². The Kier molecular flexibility index (Phi) is 3.79. The minimum Gasteiger partial charge on any atom is -0.481 e. The number of halogens is 3. The van der Waals surface area contributed by atoms with Crippen molar-refractivity contribution in [2.24, 2.45) is 0 Å². The minimum atomic E-state index is -4.53. The fraction of sp³-hybridized carbons (Fsp3) is 0.133. The molecule has 2 rings (SSSR count). The van der Waals surface area contributed by atoms with E-state index in [1.165, 1.54) is 12.1 Å². The van der Waals surface area contributed by atoms with E-state index >= 15 is 0 Å². The van der Waals surface area contributed by atoms with Crippen LogP contribution < -0.4 is 0 Å². The Morgan fingerprint density at radius 2 is 1.70 bits per heavy atom. The number of rotatable bonds is 3. The van der Waals surface area contributed by atoms with E-state index in [0.29, 0.717) is 5.56 Å². The Labute approximate surface area is 113 Å². The lowest BCUT2D eigenvalue weighted by atomic mass is 9.96. The lowest BCUT2D eigenvalue weighted by Crippen LogP contribution is -2.09. The van der Waals surface area contributed by atoms with Crippen LogP contribution in [0.15, 0.2) is 48.5 Å². The quantitative estimate of drug-likeness (QED) is 0.922. The van der Waals surface area contributed by atoms with Gasteiger partial charge in [0.1, 0.15) is 0 Å². The molecule has 5 heteroatoms. The summed E-state index contributed by atoms with van der Waals surface area (Å²) in [6, 6.07) is 11.8. The lowest BCUT2D eigenvalue weighted by molar-refractivity contribution is -0.138. The van der Waals surface area contributed by atoms with Gasteiger partial charge in [0.25, 0.3) is 0 Å². The standard InChI is InChI=1S/C15H11F3O2/c16-15(17,18)13-8-10(9-14(19)20)6-7-12(13)11-4-2-1-3-5-11/h1-8H,9H2,(H,19,20). The number of benzene rings is 2. The second-order valence-electron chi connectivity index (χ2n) is 4.31. The van der Waals surface area contributed by atoms with Crippen molar-refractivity contribution in [3.8, 4) is 11.1 Å². The molecule has 0 saturated carbocycles. The molecule has 0 unspecified atom stereocenters. The first-order chi connectivity index (χ1) is 9.38. The van der Waals surface area contributed by atoms with E-state index < -0.39 is 24.1 Å². The van der Waals surface area contributed by atoms with Crippen LogP contribution in [-0.4, -0.2) is 11.1 Å². The van der Waals surface area contributed by atoms with Gasteiger partial charge in [-0.25, -0.2) is 0 Å². The van der Waals surface area contributed by atoms with Crippen LogP contribution in [0.4, 0.5) is 13.2 Å². The Morgan fingerprint density at radius 1 is 1.05 bits per heavy atom. The summed E-state index contributed by atoms with van der Waals surface area (Å²) in [5, 5.41) is 8.67. The highest BCUT2D eigenvalue weighted by Gasteiger charge is 2.34. The summed E-state index contributed by atoms with van der Waals surface area (Å²) >= 11 is 0. The number of hydrogen-bond acceptors (Lipinski definition) is 1. The Morgan fingerprint density at radius 3 is 2.25 bits per heavy atom. The molecule has 2 nitrogen and oxygen atoms in total. The molecule has 0 spiro atoms. The Bertz CT molecular complexity index is 619. The van der Waals surface area contributed by atoms with Crippen molar-refractivity contribution in [3.05, 3.63) is 59.7 Å². The van der Waals surface area contributed by atoms with Crippen molar-refractivity contribution in [1.29, 1.82) is 0 Å². The highest BCUT2D eigenvalue weighted by Crippen LogP contribution is 2.37. The maximum atomic E-state index is 13.1. The molecule has 0 aliphatic heterocycles. The van der Waals surface area contributed by atoms with Crippen molar-refractivity contribution in [3.63, 3.8) is 0 Å². The molecule has 0 atom stereocenters. The molecular formula is C15H11F3O2. The molecule has 0 amide bonds. The SMILES string of the molecule is O=C(O)Cc1ccc(-c2ccccc2)c(C(F)(F)F)c1. The summed E-state index contributed by atoms with van der Waals surface area (Å²) in [6.45, 7) is 0. The highest BCUT2D eigenvalue weighted by molar-refractivity contribution is 5.73. The van der Waals surface area contributed by atoms with Crippen LogP contribution in [0.1, 0.15) is 11.1 Å². The largest absolute Gasteiger partial charge is 0.481 e. The summed E-state index contributed by atoms with van der Waals surface area (Å²) in [7, 11) is 0. The third-order valence-electron chi connectivity index (χ3n) is 2.83. The second kappa shape index (κ2) is 5.36. The molecule has 0 saturated heterocycles. The topological polar surface area (TPSA) is 37.3 Å². The van der Waals surface area contributed by atoms with Crippen molar-refractivity contribution in [2.75, 3.05) is 0 Å². The Hall–Kier alpha value is -2.30. The van der Waals surface area contributed by atoms with E-state index in [1.54, 1.807) is 30.3 Å². The van der Waals surface area contributed by atoms with Gasteiger partial charge in [-0.2, -0.15) is 13.2 Å². The minimum absolute atomic E-state index is 0.0484. The van der Waals surface area contributed by atoms with Gasteiger partial charge in [-0.15, -0.1) is 0 Å². The highest BCUT2D eigenvalue weighted by atomic mass is 19.4. The van der Waals surface area contributed by atoms with Gasteiger partial charge >= 0.3 is 12.1 Å². The number of hydrogen-bond donors (Lipinski definition) is 1. The Balaban J connectivity index is 2.55. The van der Waals surface area contributed by atoms with Crippen LogP contribution in [0.3, 0.4) is 0 Å². The number of aliphatic carboxylic acids is 1. The monoisotopic (exact) mass is 280 g/mol. The number of carboxylic acid groups (broad SMARTS) is 1. The zero-order chi connectivity index (χ0) is 14.8. The lowest BCUT2D eigenvalue weighted by Gasteiger charge is -2.14. The summed E-state index contributed by atoms with van der Waals surface area (Å²) in [4.78, 5) is 10.6. The van der Waals surface area contributed by atoms with Gasteiger partial charge < -0.3 is 5.11 Å². The first-order valence-corrected chi connectivity index (χ1v) is 5.85. The molecule has 0 aromatic heterocycles. The molecule has 20 heavy (non-hydrogen) atoms. The number of alkyl halides is 3. The fourth-order valence-corrected chi connectivity index (χ4v) is 1.98. The van der Waals surface area contributed by atoms with Crippen molar-refractivity contribution < 1.29 is 23.1 Å². The molecule has 0 aliphatic rings. The van der Waals surface area contributed by atoms with Gasteiger partial charge in [-0.1, -0.05) is 42.5 Å². The summed E-state index contributed by atoms with van der Waals surface area (Å²) < 4.78 is 39.3. The van der Waals surface area contributed by atoms with E-state index in [0.717, 1.165) is 6.07 Å². The predicted molar refractivity (Wildman–Crippen MR) is 68.2 cm³/mol. The van der Waals surface area contributed by atoms with E-state index in [1.807, 2.05) is 0 Å². The first-order valence-electron chi connectivity index (χ1n) is 5.85. The molecule has 0 radical (unpaired) electrons. The summed E-state index contributed by atoms with van der Waals surface area (Å²) in [5.41, 5.74) is -0.194. The molecule has 2 aromatic carbocycles. The molecular weight excluding hydrogens is 269 g/mol. The van der Waals surface area contributed by atoms with Crippen LogP contribution in [0.2, 0.25) is 0 Å². The van der Waals surface area contributed by atoms with Gasteiger partial charge in [0.05, 0.1) is 12.0 Å². The molecule has 1 N–H and O–H groups in total. The average molecular weight is 280 g/mol. The maximum Gasteiger partial charge on any atom is 0.417 e. The normalized spacial score (nSPS) is 11.3. The van der Waals surface area contributed by atoms with Gasteiger partial charge in [-0.05, 0) is 22.8 Å². The second-order valence-corrected chi connectivity index (χ2v) is 4.31. The van der Waals surface area contributed by atoms with Gasteiger partial charge in [0.15, 0.2) is 0 Å².